The molecule has 1 unspecified atom stereocenters. The molecule has 0 spiro atoms. The first-order valence-corrected chi connectivity index (χ1v) is 8.27. The van der Waals surface area contributed by atoms with Crippen LogP contribution in [0.15, 0.2) is 36.5 Å². The van der Waals surface area contributed by atoms with Crippen LogP contribution >= 0.6 is 0 Å². The number of aromatic carboxylic acids is 1. The number of hydrogen-bond donors (Lipinski definition) is 2. The molecule has 0 aliphatic rings. The predicted molar refractivity (Wildman–Crippen MR) is 95.9 cm³/mol. The van der Waals surface area contributed by atoms with Crippen LogP contribution in [0.3, 0.4) is 0 Å². The fourth-order valence-corrected chi connectivity index (χ4v) is 2.30. The smallest absolute Gasteiger partial charge is 0.354 e. The van der Waals surface area contributed by atoms with Crippen molar-refractivity contribution in [2.75, 3.05) is 13.7 Å². The van der Waals surface area contributed by atoms with Crippen LogP contribution in [-0.4, -0.2) is 35.7 Å². The van der Waals surface area contributed by atoms with Crippen LogP contribution in [0.2, 0.25) is 0 Å². The maximum atomic E-state index is 12.3. The van der Waals surface area contributed by atoms with Gasteiger partial charge in [0.15, 0.2) is 11.5 Å². The van der Waals surface area contributed by atoms with Crippen LogP contribution in [-0.2, 0) is 0 Å². The molecule has 1 aromatic carbocycles. The number of ether oxygens (including phenoxy) is 2. The predicted octanol–water partition coefficient (Wildman–Crippen LogP) is 3.07. The summed E-state index contributed by atoms with van der Waals surface area (Å²) in [5.74, 6) is -0.218. The van der Waals surface area contributed by atoms with Gasteiger partial charge in [0.25, 0.3) is 5.91 Å². The normalized spacial score (nSPS) is 11.5. The first kappa shape index (κ1) is 19.2. The molecule has 26 heavy (non-hydrogen) atoms. The Kier molecular flexibility index (Phi) is 6.54. The average Bonchev–Trinajstić information content (AvgIpc) is 2.66. The summed E-state index contributed by atoms with van der Waals surface area (Å²) < 4.78 is 11.0. The van der Waals surface area contributed by atoms with Crippen LogP contribution < -0.4 is 14.8 Å². The van der Waals surface area contributed by atoms with Crippen molar-refractivity contribution < 1.29 is 24.2 Å². The monoisotopic (exact) mass is 358 g/mol. The van der Waals surface area contributed by atoms with E-state index in [0.717, 1.165) is 12.0 Å². The Bertz CT molecular complexity index is 774. The minimum atomic E-state index is -1.14. The summed E-state index contributed by atoms with van der Waals surface area (Å²) in [6.07, 6.45) is 2.14. The van der Waals surface area contributed by atoms with Crippen LogP contribution in [0, 0.1) is 0 Å². The SMILES string of the molecule is CCCOc1ccc(C(C)NC(=O)c2ccc(C(=O)O)nc2)cc1OC. The van der Waals surface area contributed by atoms with E-state index in [4.69, 9.17) is 14.6 Å². The third-order valence-corrected chi connectivity index (χ3v) is 3.74. The van der Waals surface area contributed by atoms with Gasteiger partial charge in [0, 0.05) is 6.20 Å². The molecule has 1 atom stereocenters. The number of rotatable bonds is 8. The van der Waals surface area contributed by atoms with E-state index in [1.165, 1.54) is 18.3 Å². The van der Waals surface area contributed by atoms with Gasteiger partial charge in [-0.1, -0.05) is 13.0 Å². The van der Waals surface area contributed by atoms with Crippen LogP contribution in [0.25, 0.3) is 0 Å². The minimum Gasteiger partial charge on any atom is -0.493 e. The van der Waals surface area contributed by atoms with Crippen molar-refractivity contribution in [1.82, 2.24) is 10.3 Å². The Morgan fingerprint density at radius 1 is 1.23 bits per heavy atom. The Balaban J connectivity index is 2.09. The molecule has 2 N–H and O–H groups in total. The van der Waals surface area contributed by atoms with Gasteiger partial charge in [-0.2, -0.15) is 0 Å². The van der Waals surface area contributed by atoms with Crippen LogP contribution in [0.4, 0.5) is 0 Å². The Hall–Kier alpha value is -3.09. The zero-order chi connectivity index (χ0) is 19.1. The number of carboxylic acid groups (broad SMARTS) is 1. The number of carbonyl (C=O) groups excluding carboxylic acids is 1. The highest BCUT2D eigenvalue weighted by molar-refractivity contribution is 5.95. The van der Waals surface area contributed by atoms with Gasteiger partial charge in [0.2, 0.25) is 0 Å². The molecule has 0 aliphatic heterocycles. The largest absolute Gasteiger partial charge is 0.493 e. The second kappa shape index (κ2) is 8.84. The van der Waals surface area contributed by atoms with Crippen molar-refractivity contribution in [3.8, 4) is 11.5 Å². The van der Waals surface area contributed by atoms with Crippen molar-refractivity contribution in [3.63, 3.8) is 0 Å². The lowest BCUT2D eigenvalue weighted by Crippen LogP contribution is -2.26. The van der Waals surface area contributed by atoms with Gasteiger partial charge in [-0.3, -0.25) is 4.79 Å². The molecule has 0 radical (unpaired) electrons. The van der Waals surface area contributed by atoms with Gasteiger partial charge in [-0.05, 0) is 43.2 Å². The topological polar surface area (TPSA) is 97.8 Å². The van der Waals surface area contributed by atoms with Gasteiger partial charge < -0.3 is 19.9 Å². The average molecular weight is 358 g/mol. The molecule has 0 aliphatic carbocycles. The summed E-state index contributed by atoms with van der Waals surface area (Å²) in [6, 6.07) is 7.95. The first-order chi connectivity index (χ1) is 12.5. The third-order valence-electron chi connectivity index (χ3n) is 3.74. The summed E-state index contributed by atoms with van der Waals surface area (Å²) in [7, 11) is 1.57. The number of amides is 1. The Morgan fingerprint density at radius 3 is 2.58 bits per heavy atom. The van der Waals surface area contributed by atoms with E-state index in [9.17, 15) is 9.59 Å². The molecule has 0 bridgehead atoms. The third kappa shape index (κ3) is 4.72. The zero-order valence-electron chi connectivity index (χ0n) is 15.0. The van der Waals surface area contributed by atoms with E-state index in [0.29, 0.717) is 18.1 Å². The van der Waals surface area contributed by atoms with E-state index in [1.54, 1.807) is 7.11 Å². The van der Waals surface area contributed by atoms with Crippen molar-refractivity contribution in [3.05, 3.63) is 53.3 Å². The number of methoxy groups -OCH3 is 1. The number of pyridine rings is 1. The Labute approximate surface area is 152 Å². The molecule has 0 saturated heterocycles. The molecular weight excluding hydrogens is 336 g/mol. The highest BCUT2D eigenvalue weighted by Crippen LogP contribution is 2.30. The van der Waals surface area contributed by atoms with Gasteiger partial charge in [0.05, 0.1) is 25.3 Å². The lowest BCUT2D eigenvalue weighted by molar-refractivity contribution is 0.0689. The van der Waals surface area contributed by atoms with Crippen molar-refractivity contribution in [2.24, 2.45) is 0 Å². The van der Waals surface area contributed by atoms with E-state index in [1.807, 2.05) is 32.0 Å². The van der Waals surface area contributed by atoms with E-state index in [-0.39, 0.29) is 23.2 Å². The lowest BCUT2D eigenvalue weighted by atomic mass is 10.1. The zero-order valence-corrected chi connectivity index (χ0v) is 15.0. The number of aromatic nitrogens is 1. The van der Waals surface area contributed by atoms with Crippen molar-refractivity contribution in [2.45, 2.75) is 26.3 Å². The van der Waals surface area contributed by atoms with Crippen molar-refractivity contribution in [1.29, 1.82) is 0 Å². The molecule has 7 nitrogen and oxygen atoms in total. The molecule has 1 aromatic heterocycles. The van der Waals surface area contributed by atoms with Crippen LogP contribution in [0.5, 0.6) is 11.5 Å². The number of carbonyl (C=O) groups is 2. The fraction of sp³-hybridized carbons (Fsp3) is 0.316. The van der Waals surface area contributed by atoms with E-state index >= 15 is 0 Å². The summed E-state index contributed by atoms with van der Waals surface area (Å²) in [5.41, 5.74) is 1.04. The fourth-order valence-electron chi connectivity index (χ4n) is 2.30. The molecule has 0 fully saturated rings. The quantitative estimate of drug-likeness (QED) is 0.753. The number of hydrogen-bond acceptors (Lipinski definition) is 5. The maximum Gasteiger partial charge on any atom is 0.354 e. The highest BCUT2D eigenvalue weighted by Gasteiger charge is 2.15. The molecular formula is C19H22N2O5. The van der Waals surface area contributed by atoms with Gasteiger partial charge in [-0.25, -0.2) is 9.78 Å². The van der Waals surface area contributed by atoms with Gasteiger partial charge in [-0.15, -0.1) is 0 Å². The molecule has 1 heterocycles. The number of nitrogens with zero attached hydrogens (tertiary/aromatic N) is 1. The summed E-state index contributed by atoms with van der Waals surface area (Å²) in [6.45, 7) is 4.47. The maximum absolute atomic E-state index is 12.3. The van der Waals surface area contributed by atoms with Crippen molar-refractivity contribution >= 4 is 11.9 Å². The number of carboxylic acids is 1. The summed E-state index contributed by atoms with van der Waals surface area (Å²) in [5, 5.41) is 11.7. The van der Waals surface area contributed by atoms with Gasteiger partial charge >= 0.3 is 5.97 Å². The molecule has 2 aromatic rings. The number of benzene rings is 1. The molecule has 1 amide bonds. The minimum absolute atomic E-state index is 0.109. The molecule has 2 rings (SSSR count). The Morgan fingerprint density at radius 2 is 2.00 bits per heavy atom. The summed E-state index contributed by atoms with van der Waals surface area (Å²) in [4.78, 5) is 26.9. The van der Waals surface area contributed by atoms with Gasteiger partial charge in [0.1, 0.15) is 5.69 Å². The first-order valence-electron chi connectivity index (χ1n) is 8.27. The summed E-state index contributed by atoms with van der Waals surface area (Å²) >= 11 is 0. The highest BCUT2D eigenvalue weighted by atomic mass is 16.5. The van der Waals surface area contributed by atoms with E-state index in [2.05, 4.69) is 10.3 Å². The molecule has 7 heteroatoms. The lowest BCUT2D eigenvalue weighted by Gasteiger charge is -2.17. The van der Waals surface area contributed by atoms with E-state index < -0.39 is 5.97 Å². The number of nitrogens with one attached hydrogen (secondary N) is 1. The standard InChI is InChI=1S/C19H22N2O5/c1-4-9-26-16-8-6-13(10-17(16)25-3)12(2)21-18(22)14-5-7-15(19(23)24)20-11-14/h5-8,10-12H,4,9H2,1-3H3,(H,21,22)(H,23,24). The second-order valence-electron chi connectivity index (χ2n) is 5.69. The van der Waals surface area contributed by atoms with Crippen LogP contribution in [0.1, 0.15) is 52.7 Å². The second-order valence-corrected chi connectivity index (χ2v) is 5.69. The molecule has 138 valence electrons. The molecule has 0 saturated carbocycles.